The topological polar surface area (TPSA) is 88.5 Å². The number of thiazole rings is 1. The number of amides is 3. The lowest BCUT2D eigenvalue weighted by Gasteiger charge is -2.30. The second-order valence-corrected chi connectivity index (χ2v) is 12.5. The molecule has 39 heavy (non-hydrogen) atoms. The molecule has 10 heteroatoms. The largest absolute Gasteiger partial charge is 0.324 e. The summed E-state index contributed by atoms with van der Waals surface area (Å²) < 4.78 is 2.28. The van der Waals surface area contributed by atoms with Crippen molar-refractivity contribution in [2.24, 2.45) is 5.92 Å². The first-order valence-corrected chi connectivity index (χ1v) is 14.8. The van der Waals surface area contributed by atoms with Crippen molar-refractivity contribution in [1.82, 2.24) is 4.57 Å². The minimum atomic E-state index is -0.724. The molecule has 1 aromatic heterocycles. The van der Waals surface area contributed by atoms with Crippen molar-refractivity contribution in [2.45, 2.75) is 29.7 Å². The van der Waals surface area contributed by atoms with E-state index in [1.165, 1.54) is 21.2 Å². The highest BCUT2D eigenvalue weighted by Crippen LogP contribution is 2.53. The number of rotatable bonds is 5. The van der Waals surface area contributed by atoms with E-state index < -0.39 is 17.1 Å². The molecule has 1 saturated heterocycles. The summed E-state index contributed by atoms with van der Waals surface area (Å²) in [6, 6.07) is 24.0. The van der Waals surface area contributed by atoms with Crippen LogP contribution in [0.1, 0.15) is 21.9 Å². The summed E-state index contributed by atoms with van der Waals surface area (Å²) in [6.45, 7) is 1.71. The normalized spacial score (nSPS) is 20.1. The number of thioether (sulfide) groups is 1. The molecule has 3 heterocycles. The first kappa shape index (κ1) is 25.8. The molecule has 0 saturated carbocycles. The number of fused-ring (bicyclic) bond motifs is 2. The van der Waals surface area contributed by atoms with Gasteiger partial charge in [0.15, 0.2) is 0 Å². The number of aromatic nitrogens is 1. The minimum absolute atomic E-state index is 0.191. The van der Waals surface area contributed by atoms with Crippen molar-refractivity contribution < 1.29 is 14.4 Å². The first-order valence-electron chi connectivity index (χ1n) is 12.3. The number of aryl methyl sites for hydroxylation is 1. The fourth-order valence-electron chi connectivity index (χ4n) is 5.17. The third kappa shape index (κ3) is 4.56. The SMILES string of the molecule is Cc1ccccc1NC(=O)Cn1c2c(sc1=O)C(c1ccccc1)C1C(=O)N(c3ccc(Br)cc3)C(=O)C1S2. The molecule has 0 aliphatic carbocycles. The van der Waals surface area contributed by atoms with Crippen LogP contribution in [0.2, 0.25) is 0 Å². The molecule has 2 aliphatic heterocycles. The van der Waals surface area contributed by atoms with E-state index in [0.717, 1.165) is 26.9 Å². The van der Waals surface area contributed by atoms with E-state index >= 15 is 0 Å². The van der Waals surface area contributed by atoms with Gasteiger partial charge >= 0.3 is 4.87 Å². The Morgan fingerprint density at radius 3 is 2.33 bits per heavy atom. The fraction of sp³-hybridized carbons (Fsp3) is 0.172. The first-order chi connectivity index (χ1) is 18.8. The van der Waals surface area contributed by atoms with Crippen LogP contribution in [0.15, 0.2) is 93.2 Å². The van der Waals surface area contributed by atoms with E-state index in [9.17, 15) is 19.2 Å². The second-order valence-electron chi connectivity index (χ2n) is 9.43. The summed E-state index contributed by atoms with van der Waals surface area (Å²) >= 11 is 5.65. The number of hydrogen-bond donors (Lipinski definition) is 1. The van der Waals surface area contributed by atoms with E-state index in [2.05, 4.69) is 21.2 Å². The van der Waals surface area contributed by atoms with E-state index in [1.54, 1.807) is 24.3 Å². The van der Waals surface area contributed by atoms with E-state index in [-0.39, 0.29) is 29.1 Å². The summed E-state index contributed by atoms with van der Waals surface area (Å²) in [7, 11) is 0. The van der Waals surface area contributed by atoms with Gasteiger partial charge in [0.1, 0.15) is 11.8 Å². The summed E-state index contributed by atoms with van der Waals surface area (Å²) in [5.41, 5.74) is 2.95. The maximum absolute atomic E-state index is 13.9. The van der Waals surface area contributed by atoms with Crippen LogP contribution in [0, 0.1) is 12.8 Å². The Labute approximate surface area is 241 Å². The van der Waals surface area contributed by atoms with E-state index in [4.69, 9.17) is 0 Å². The van der Waals surface area contributed by atoms with Gasteiger partial charge in [-0.15, -0.1) is 0 Å². The summed E-state index contributed by atoms with van der Waals surface area (Å²) in [5, 5.41) is 2.73. The Bertz CT molecular complexity index is 1670. The maximum Gasteiger partial charge on any atom is 0.308 e. The highest BCUT2D eigenvalue weighted by Gasteiger charge is 2.56. The average molecular weight is 621 g/mol. The Morgan fingerprint density at radius 1 is 0.923 bits per heavy atom. The zero-order valence-electron chi connectivity index (χ0n) is 20.7. The van der Waals surface area contributed by atoms with Crippen molar-refractivity contribution in [1.29, 1.82) is 0 Å². The van der Waals surface area contributed by atoms with Gasteiger partial charge < -0.3 is 5.32 Å². The van der Waals surface area contributed by atoms with Gasteiger partial charge in [-0.2, -0.15) is 0 Å². The smallest absolute Gasteiger partial charge is 0.308 e. The third-order valence-electron chi connectivity index (χ3n) is 7.01. The van der Waals surface area contributed by atoms with Gasteiger partial charge in [-0.3, -0.25) is 23.7 Å². The number of halogens is 1. The van der Waals surface area contributed by atoms with Crippen molar-refractivity contribution in [3.05, 3.63) is 109 Å². The molecule has 3 unspecified atom stereocenters. The molecule has 196 valence electrons. The summed E-state index contributed by atoms with van der Waals surface area (Å²) in [5.74, 6) is -2.10. The van der Waals surface area contributed by atoms with Crippen molar-refractivity contribution in [3.8, 4) is 0 Å². The van der Waals surface area contributed by atoms with Crippen LogP contribution in [0.4, 0.5) is 11.4 Å². The van der Waals surface area contributed by atoms with Gasteiger partial charge in [0.2, 0.25) is 17.7 Å². The molecule has 0 radical (unpaired) electrons. The number of anilines is 2. The van der Waals surface area contributed by atoms with Gasteiger partial charge in [-0.1, -0.05) is 87.6 Å². The fourth-order valence-corrected chi connectivity index (χ4v) is 8.20. The van der Waals surface area contributed by atoms with Crippen LogP contribution in [-0.4, -0.2) is 27.5 Å². The van der Waals surface area contributed by atoms with Crippen LogP contribution in [0.5, 0.6) is 0 Å². The van der Waals surface area contributed by atoms with Crippen LogP contribution >= 0.6 is 39.0 Å². The van der Waals surface area contributed by atoms with Gasteiger partial charge in [-0.25, -0.2) is 4.90 Å². The van der Waals surface area contributed by atoms with Gasteiger partial charge in [0.25, 0.3) is 0 Å². The number of para-hydroxylation sites is 1. The lowest BCUT2D eigenvalue weighted by molar-refractivity contribution is -0.122. The number of carbonyl (C=O) groups is 3. The number of hydrogen-bond acceptors (Lipinski definition) is 6. The van der Waals surface area contributed by atoms with E-state index in [1.807, 2.05) is 61.5 Å². The Balaban J connectivity index is 1.40. The molecule has 3 aromatic carbocycles. The molecule has 6 rings (SSSR count). The zero-order valence-corrected chi connectivity index (χ0v) is 23.9. The van der Waals surface area contributed by atoms with Crippen LogP contribution < -0.4 is 15.1 Å². The van der Waals surface area contributed by atoms with Crippen LogP contribution in [0.25, 0.3) is 0 Å². The highest BCUT2D eigenvalue weighted by molar-refractivity contribution is 9.10. The summed E-state index contributed by atoms with van der Waals surface area (Å²) in [4.78, 5) is 55.6. The minimum Gasteiger partial charge on any atom is -0.324 e. The van der Waals surface area contributed by atoms with Crippen LogP contribution in [0.3, 0.4) is 0 Å². The molecule has 3 atom stereocenters. The number of carbonyl (C=O) groups excluding carboxylic acids is 3. The number of benzene rings is 3. The predicted octanol–water partition coefficient (Wildman–Crippen LogP) is 5.42. The molecule has 3 amide bonds. The molecule has 1 fully saturated rings. The Morgan fingerprint density at radius 2 is 1.62 bits per heavy atom. The van der Waals surface area contributed by atoms with Crippen molar-refractivity contribution >= 4 is 68.1 Å². The maximum atomic E-state index is 13.9. The molecule has 0 spiro atoms. The van der Waals surface area contributed by atoms with Gasteiger partial charge in [-0.05, 0) is 48.4 Å². The molecule has 7 nitrogen and oxygen atoms in total. The van der Waals surface area contributed by atoms with Crippen LogP contribution in [-0.2, 0) is 20.9 Å². The monoisotopic (exact) mass is 619 g/mol. The van der Waals surface area contributed by atoms with Crippen molar-refractivity contribution in [2.75, 3.05) is 10.2 Å². The molecular formula is C29H22BrN3O4S2. The van der Waals surface area contributed by atoms with Crippen molar-refractivity contribution in [3.63, 3.8) is 0 Å². The van der Waals surface area contributed by atoms with Gasteiger partial charge in [0, 0.05) is 21.0 Å². The summed E-state index contributed by atoms with van der Waals surface area (Å²) in [6.07, 6.45) is 0. The molecule has 1 N–H and O–H groups in total. The zero-order chi connectivity index (χ0) is 27.3. The molecule has 2 aliphatic rings. The standard InChI is InChI=1S/C29H22BrN3O4S2/c1-16-7-5-6-10-20(16)31-21(34)15-32-28-25(39-29(32)37)22(17-8-3-2-4-9-17)23-24(38-28)27(36)33(26(23)35)19-13-11-18(30)12-14-19/h2-14,22-24H,15H2,1H3,(H,31,34). The molecule has 4 aromatic rings. The van der Waals surface area contributed by atoms with E-state index in [0.29, 0.717) is 21.3 Å². The number of nitrogens with one attached hydrogen (secondary N) is 1. The predicted molar refractivity (Wildman–Crippen MR) is 156 cm³/mol. The lowest BCUT2D eigenvalue weighted by Crippen LogP contribution is -2.33. The third-order valence-corrected chi connectivity index (χ3v) is 10.1. The second kappa shape index (κ2) is 10.3. The van der Waals surface area contributed by atoms with Gasteiger partial charge in [0.05, 0.1) is 16.6 Å². The number of imide groups is 1. The molecular weight excluding hydrogens is 598 g/mol. The quantitative estimate of drug-likeness (QED) is 0.302. The molecule has 0 bridgehead atoms. The average Bonchev–Trinajstić information content (AvgIpc) is 3.37. The number of nitrogens with zero attached hydrogens (tertiary/aromatic N) is 2. The highest BCUT2D eigenvalue weighted by atomic mass is 79.9. The Kier molecular flexibility index (Phi) is 6.78. The lowest BCUT2D eigenvalue weighted by atomic mass is 9.83. The Hall–Kier alpha value is -3.47.